The average molecular weight is 485 g/mol. The molecule has 0 heterocycles. The fourth-order valence-electron chi connectivity index (χ4n) is 0.981. The number of alkyl halides is 14. The van der Waals surface area contributed by atoms with Crippen molar-refractivity contribution in [2.75, 3.05) is 13.3 Å². The van der Waals surface area contributed by atoms with Crippen molar-refractivity contribution in [2.24, 2.45) is 0 Å². The van der Waals surface area contributed by atoms with Gasteiger partial charge in [0.1, 0.15) is 0 Å². The molecule has 0 aromatic carbocycles. The SMILES string of the molecule is FCC(F)(F)C(F)(F)[C](F)(F)[Sn+2][C](F)(F)C(F)(F)C(F)(F)CF. The minimum atomic E-state index is -6.83. The van der Waals surface area contributed by atoms with E-state index in [0.717, 1.165) is 0 Å². The van der Waals surface area contributed by atoms with Crippen molar-refractivity contribution in [3.8, 4) is 0 Å². The summed E-state index contributed by atoms with van der Waals surface area (Å²) in [7, 11) is 0. The van der Waals surface area contributed by atoms with E-state index in [1.807, 2.05) is 0 Å². The molecule has 0 atom stereocenters. The van der Waals surface area contributed by atoms with Crippen LogP contribution in [0.15, 0.2) is 0 Å². The summed E-state index contributed by atoms with van der Waals surface area (Å²) >= 11 is -6.13. The van der Waals surface area contributed by atoms with E-state index in [1.54, 1.807) is 0 Å². The standard InChI is InChI=1S/2C4H2F7.Sn/c2*5-1-3(8,9)4(10,11)2(6)7;/h2*1H2;/q;;+2. The van der Waals surface area contributed by atoms with Gasteiger partial charge < -0.3 is 0 Å². The molecule has 0 rings (SSSR count). The summed E-state index contributed by atoms with van der Waals surface area (Å²) in [5.41, 5.74) is 0. The zero-order valence-electron chi connectivity index (χ0n) is 10.2. The fraction of sp³-hybridized carbons (Fsp3) is 1.00. The van der Waals surface area contributed by atoms with Crippen molar-refractivity contribution >= 4 is 21.1 Å². The molecule has 0 spiro atoms. The first-order chi connectivity index (χ1) is 9.83. The Bertz CT molecular complexity index is 377. The Kier molecular flexibility index (Phi) is 6.23. The van der Waals surface area contributed by atoms with E-state index in [-0.39, 0.29) is 0 Å². The van der Waals surface area contributed by atoms with Crippen LogP contribution in [0.4, 0.5) is 61.5 Å². The topological polar surface area (TPSA) is 0 Å². The van der Waals surface area contributed by atoms with E-state index in [9.17, 15) is 61.5 Å². The maximum atomic E-state index is 12.9. The molecule has 136 valence electrons. The number of rotatable bonds is 8. The van der Waals surface area contributed by atoms with Crippen LogP contribution in [-0.2, 0) is 0 Å². The van der Waals surface area contributed by atoms with Gasteiger partial charge in [0.2, 0.25) is 0 Å². The van der Waals surface area contributed by atoms with Crippen LogP contribution in [0.1, 0.15) is 0 Å². The van der Waals surface area contributed by atoms with Gasteiger partial charge >= 0.3 is 128 Å². The summed E-state index contributed by atoms with van der Waals surface area (Å²) in [4.78, 5) is 0. The molecule has 0 aromatic rings. The number of halogens is 14. The molecule has 0 radical (unpaired) electrons. The van der Waals surface area contributed by atoms with E-state index < -0.39 is 66.1 Å². The van der Waals surface area contributed by atoms with Crippen molar-refractivity contribution < 1.29 is 61.5 Å². The summed E-state index contributed by atoms with van der Waals surface area (Å²) in [5.74, 6) is -26.1. The predicted octanol–water partition coefficient (Wildman–Crippen LogP) is 4.36. The molecule has 0 aliphatic rings. The normalized spacial score (nSPS) is 15.6. The van der Waals surface area contributed by atoms with E-state index in [0.29, 0.717) is 0 Å². The van der Waals surface area contributed by atoms with Crippen LogP contribution in [0.25, 0.3) is 0 Å². The van der Waals surface area contributed by atoms with Crippen LogP contribution >= 0.6 is 0 Å². The second-order valence-electron chi connectivity index (χ2n) is 4.10. The summed E-state index contributed by atoms with van der Waals surface area (Å²) in [6.07, 6.45) is 0. The van der Waals surface area contributed by atoms with Crippen LogP contribution in [0.3, 0.4) is 0 Å². The van der Waals surface area contributed by atoms with E-state index in [1.165, 1.54) is 0 Å². The number of hydrogen-bond acceptors (Lipinski definition) is 0. The molecule has 0 aliphatic carbocycles. The van der Waals surface area contributed by atoms with Crippen molar-refractivity contribution in [3.63, 3.8) is 0 Å². The third-order valence-corrected chi connectivity index (χ3v) is 5.94. The van der Waals surface area contributed by atoms with Gasteiger partial charge in [-0.3, -0.25) is 0 Å². The van der Waals surface area contributed by atoms with E-state index in [2.05, 4.69) is 0 Å². The molecule has 0 nitrogen and oxygen atoms in total. The molecule has 0 saturated heterocycles. The van der Waals surface area contributed by atoms with Gasteiger partial charge in [0.25, 0.3) is 0 Å². The molecule has 0 bridgehead atoms. The van der Waals surface area contributed by atoms with E-state index >= 15 is 0 Å². The van der Waals surface area contributed by atoms with Crippen molar-refractivity contribution in [1.82, 2.24) is 0 Å². The Morgan fingerprint density at radius 1 is 0.478 bits per heavy atom. The molecular formula is C8H4F14Sn+2. The minimum absolute atomic E-state index is 3.45. The molecule has 0 amide bonds. The molecule has 15 heteroatoms. The Morgan fingerprint density at radius 3 is 0.870 bits per heavy atom. The maximum absolute atomic E-state index is 12.9. The van der Waals surface area contributed by atoms with Crippen LogP contribution < -0.4 is 0 Å². The second-order valence-corrected chi connectivity index (χ2v) is 8.40. The van der Waals surface area contributed by atoms with Crippen LogP contribution in [0.5, 0.6) is 0 Å². The van der Waals surface area contributed by atoms with Gasteiger partial charge in [-0.05, 0) is 0 Å². The summed E-state index contributed by atoms with van der Waals surface area (Å²) < 4.78 is 162. The van der Waals surface area contributed by atoms with Gasteiger partial charge in [-0.15, -0.1) is 0 Å². The molecule has 0 aliphatic heterocycles. The van der Waals surface area contributed by atoms with Gasteiger partial charge in [0, 0.05) is 0 Å². The van der Waals surface area contributed by atoms with Crippen LogP contribution in [-0.4, -0.2) is 66.1 Å². The molecule has 0 aromatic heterocycles. The number of hydrogen-bond donors (Lipinski definition) is 0. The third kappa shape index (κ3) is 3.75. The molecule has 0 saturated carbocycles. The van der Waals surface area contributed by atoms with Gasteiger partial charge in [-0.25, -0.2) is 0 Å². The summed E-state index contributed by atoms with van der Waals surface area (Å²) in [6, 6.07) is 0. The molecule has 0 N–H and O–H groups in total. The summed E-state index contributed by atoms with van der Waals surface area (Å²) in [6.45, 7) is -6.89. The molecular weight excluding hydrogens is 481 g/mol. The molecule has 0 fully saturated rings. The monoisotopic (exact) mass is 486 g/mol. The van der Waals surface area contributed by atoms with Crippen LogP contribution in [0, 0.1) is 0 Å². The van der Waals surface area contributed by atoms with E-state index in [4.69, 9.17) is 0 Å². The fourth-order valence-corrected chi connectivity index (χ4v) is 4.05. The van der Waals surface area contributed by atoms with Crippen molar-refractivity contribution in [2.45, 2.75) is 31.6 Å². The van der Waals surface area contributed by atoms with Crippen molar-refractivity contribution in [1.29, 1.82) is 0 Å². The van der Waals surface area contributed by atoms with Gasteiger partial charge in [-0.1, -0.05) is 0 Å². The first-order valence-electron chi connectivity index (χ1n) is 5.01. The molecule has 0 unspecified atom stereocenters. The quantitative estimate of drug-likeness (QED) is 0.355. The zero-order valence-corrected chi connectivity index (χ0v) is 13.1. The Hall–Kier alpha value is -0.181. The van der Waals surface area contributed by atoms with Gasteiger partial charge in [0.15, 0.2) is 0 Å². The van der Waals surface area contributed by atoms with Crippen LogP contribution in [0.2, 0.25) is 0 Å². The first kappa shape index (κ1) is 22.8. The Balaban J connectivity index is 5.78. The van der Waals surface area contributed by atoms with Crippen molar-refractivity contribution in [3.05, 3.63) is 0 Å². The zero-order chi connectivity index (χ0) is 19.1. The Morgan fingerprint density at radius 2 is 0.696 bits per heavy atom. The molecule has 23 heavy (non-hydrogen) atoms. The average Bonchev–Trinajstić information content (AvgIpc) is 2.36. The Labute approximate surface area is 128 Å². The summed E-state index contributed by atoms with van der Waals surface area (Å²) in [5, 5.41) is 0. The van der Waals surface area contributed by atoms with Gasteiger partial charge in [0.05, 0.1) is 0 Å². The third-order valence-electron chi connectivity index (χ3n) is 2.36. The van der Waals surface area contributed by atoms with Gasteiger partial charge in [-0.2, -0.15) is 0 Å². The second kappa shape index (κ2) is 6.28. The predicted molar refractivity (Wildman–Crippen MR) is 47.4 cm³/mol. The first-order valence-corrected chi connectivity index (χ1v) is 7.86.